The molecule has 6 heteroatoms. The van der Waals surface area contributed by atoms with Crippen molar-refractivity contribution in [2.24, 2.45) is 5.41 Å². The number of ether oxygens (including phenoxy) is 2. The van der Waals surface area contributed by atoms with Gasteiger partial charge in [-0.2, -0.15) is 0 Å². The number of carbonyl (C=O) groups is 1. The fourth-order valence-corrected chi connectivity index (χ4v) is 2.91. The van der Waals surface area contributed by atoms with Gasteiger partial charge >= 0.3 is 0 Å². The summed E-state index contributed by atoms with van der Waals surface area (Å²) in [6, 6.07) is 5.35. The van der Waals surface area contributed by atoms with Crippen LogP contribution in [-0.4, -0.2) is 24.5 Å². The molecule has 0 spiro atoms. The molecule has 4 nitrogen and oxygen atoms in total. The maximum atomic E-state index is 12.3. The number of hydrogen-bond donors (Lipinski definition) is 1. The molecule has 0 bridgehead atoms. The third-order valence-corrected chi connectivity index (χ3v) is 5.12. The Hall–Kier alpha value is -1.13. The molecule has 0 saturated heterocycles. The summed E-state index contributed by atoms with van der Waals surface area (Å²) in [6.07, 6.45) is 0.466. The summed E-state index contributed by atoms with van der Waals surface area (Å²) >= 11 is 12.1. The lowest BCUT2D eigenvalue weighted by Crippen LogP contribution is -2.35. The molecule has 1 aliphatic rings. The van der Waals surface area contributed by atoms with Gasteiger partial charge in [0.05, 0.1) is 25.7 Å². The van der Waals surface area contributed by atoms with Crippen LogP contribution in [0.3, 0.4) is 0 Å². The zero-order chi connectivity index (χ0) is 15.8. The van der Waals surface area contributed by atoms with Gasteiger partial charge in [-0.05, 0) is 38.0 Å². The van der Waals surface area contributed by atoms with E-state index in [1.54, 1.807) is 21.1 Å². The molecule has 1 N–H and O–H groups in total. The molecule has 1 aliphatic carbocycles. The Kier molecular flexibility index (Phi) is 4.31. The maximum absolute atomic E-state index is 12.3. The summed E-state index contributed by atoms with van der Waals surface area (Å²) in [7, 11) is 3.16. The Balaban J connectivity index is 2.11. The van der Waals surface area contributed by atoms with Crippen molar-refractivity contribution in [2.45, 2.75) is 30.6 Å². The second-order valence-corrected chi connectivity index (χ2v) is 7.01. The van der Waals surface area contributed by atoms with Gasteiger partial charge < -0.3 is 14.8 Å². The summed E-state index contributed by atoms with van der Waals surface area (Å²) in [5.74, 6) is 1.13. The largest absolute Gasteiger partial charge is 0.493 e. The number of amides is 1. The third-order valence-electron chi connectivity index (χ3n) is 4.01. The SMILES string of the molecule is COc1ccc(C(C)NC(=O)C2(C)CC2(Cl)Cl)cc1OC. The van der Waals surface area contributed by atoms with Gasteiger partial charge in [0.15, 0.2) is 11.5 Å². The predicted molar refractivity (Wildman–Crippen MR) is 83.3 cm³/mol. The summed E-state index contributed by atoms with van der Waals surface area (Å²) in [6.45, 7) is 3.67. The smallest absolute Gasteiger partial charge is 0.229 e. The minimum absolute atomic E-state index is 0.144. The summed E-state index contributed by atoms with van der Waals surface area (Å²) in [5.41, 5.74) is 0.195. The summed E-state index contributed by atoms with van der Waals surface area (Å²) < 4.78 is 9.50. The summed E-state index contributed by atoms with van der Waals surface area (Å²) in [5, 5.41) is 2.94. The normalized spacial score (nSPS) is 24.1. The minimum Gasteiger partial charge on any atom is -0.493 e. The first-order valence-corrected chi connectivity index (χ1v) is 7.41. The molecule has 1 aromatic carbocycles. The van der Waals surface area contributed by atoms with Crippen molar-refractivity contribution in [3.8, 4) is 11.5 Å². The van der Waals surface area contributed by atoms with Crippen molar-refractivity contribution in [1.82, 2.24) is 5.32 Å². The van der Waals surface area contributed by atoms with Gasteiger partial charge in [0, 0.05) is 0 Å². The van der Waals surface area contributed by atoms with Gasteiger partial charge in [0.2, 0.25) is 5.91 Å². The van der Waals surface area contributed by atoms with Gasteiger partial charge in [-0.25, -0.2) is 0 Å². The quantitative estimate of drug-likeness (QED) is 0.840. The van der Waals surface area contributed by atoms with Crippen LogP contribution < -0.4 is 14.8 Å². The summed E-state index contributed by atoms with van der Waals surface area (Å²) in [4.78, 5) is 12.3. The number of hydrogen-bond acceptors (Lipinski definition) is 3. The fraction of sp³-hybridized carbons (Fsp3) is 0.533. The number of carbonyl (C=O) groups excluding carboxylic acids is 1. The minimum atomic E-state index is -0.964. The fourth-order valence-electron chi connectivity index (χ4n) is 2.21. The van der Waals surface area contributed by atoms with Crippen LogP contribution in [0.5, 0.6) is 11.5 Å². The number of benzene rings is 1. The monoisotopic (exact) mass is 331 g/mol. The molecule has 116 valence electrons. The lowest BCUT2D eigenvalue weighted by molar-refractivity contribution is -0.126. The van der Waals surface area contributed by atoms with E-state index in [-0.39, 0.29) is 11.9 Å². The predicted octanol–water partition coefficient (Wildman–Crippen LogP) is 3.46. The highest BCUT2D eigenvalue weighted by Crippen LogP contribution is 2.63. The zero-order valence-electron chi connectivity index (χ0n) is 12.5. The molecule has 2 rings (SSSR count). The third kappa shape index (κ3) is 2.92. The standard InChI is InChI=1S/C15H19Cl2NO3/c1-9(18-13(19)14(2)8-15(14,16)17)10-5-6-11(20-3)12(7-10)21-4/h5-7,9H,8H2,1-4H3,(H,18,19). The van der Waals surface area contributed by atoms with Gasteiger partial charge in [-0.3, -0.25) is 4.79 Å². The number of rotatable bonds is 5. The Morgan fingerprint density at radius 1 is 1.29 bits per heavy atom. The second kappa shape index (κ2) is 5.58. The van der Waals surface area contributed by atoms with E-state index in [1.165, 1.54) is 0 Å². The van der Waals surface area contributed by atoms with Crippen LogP contribution in [0.25, 0.3) is 0 Å². The molecule has 0 aliphatic heterocycles. The highest BCUT2D eigenvalue weighted by molar-refractivity contribution is 6.53. The van der Waals surface area contributed by atoms with Crippen molar-refractivity contribution < 1.29 is 14.3 Å². The van der Waals surface area contributed by atoms with E-state index in [1.807, 2.05) is 25.1 Å². The van der Waals surface area contributed by atoms with Gasteiger partial charge in [-0.1, -0.05) is 6.07 Å². The Morgan fingerprint density at radius 3 is 2.33 bits per heavy atom. The number of methoxy groups -OCH3 is 2. The molecule has 0 radical (unpaired) electrons. The Labute approximate surface area is 134 Å². The van der Waals surface area contributed by atoms with Crippen LogP contribution in [0.1, 0.15) is 31.9 Å². The van der Waals surface area contributed by atoms with Crippen LogP contribution >= 0.6 is 23.2 Å². The van der Waals surface area contributed by atoms with Crippen molar-refractivity contribution >= 4 is 29.1 Å². The maximum Gasteiger partial charge on any atom is 0.229 e. The molecule has 1 fully saturated rings. The number of nitrogens with one attached hydrogen (secondary N) is 1. The Morgan fingerprint density at radius 2 is 1.86 bits per heavy atom. The van der Waals surface area contributed by atoms with E-state index < -0.39 is 9.75 Å². The lowest BCUT2D eigenvalue weighted by Gasteiger charge is -2.19. The molecule has 0 heterocycles. The highest BCUT2D eigenvalue weighted by atomic mass is 35.5. The molecule has 0 aromatic heterocycles. The first-order valence-electron chi connectivity index (χ1n) is 6.66. The second-order valence-electron chi connectivity index (χ2n) is 5.52. The van der Waals surface area contributed by atoms with Crippen LogP contribution in [-0.2, 0) is 4.79 Å². The molecule has 2 unspecified atom stereocenters. The van der Waals surface area contributed by atoms with E-state index >= 15 is 0 Å². The lowest BCUT2D eigenvalue weighted by atomic mass is 10.0. The molecule has 1 aromatic rings. The van der Waals surface area contributed by atoms with Crippen LogP contribution in [0.2, 0.25) is 0 Å². The molecule has 2 atom stereocenters. The van der Waals surface area contributed by atoms with Crippen LogP contribution in [0.15, 0.2) is 18.2 Å². The van der Waals surface area contributed by atoms with Gasteiger partial charge in [-0.15, -0.1) is 23.2 Å². The van der Waals surface area contributed by atoms with E-state index in [0.717, 1.165) is 5.56 Å². The molecular weight excluding hydrogens is 313 g/mol. The number of alkyl halides is 2. The van der Waals surface area contributed by atoms with Crippen LogP contribution in [0.4, 0.5) is 0 Å². The van der Waals surface area contributed by atoms with Crippen molar-refractivity contribution in [3.05, 3.63) is 23.8 Å². The van der Waals surface area contributed by atoms with Gasteiger partial charge in [0.1, 0.15) is 4.33 Å². The first kappa shape index (κ1) is 16.2. The van der Waals surface area contributed by atoms with E-state index in [4.69, 9.17) is 32.7 Å². The molecular formula is C15H19Cl2NO3. The molecule has 1 saturated carbocycles. The van der Waals surface area contributed by atoms with Crippen molar-refractivity contribution in [3.63, 3.8) is 0 Å². The zero-order valence-corrected chi connectivity index (χ0v) is 14.0. The molecule has 21 heavy (non-hydrogen) atoms. The average molecular weight is 332 g/mol. The Bertz CT molecular complexity index is 562. The van der Waals surface area contributed by atoms with Crippen molar-refractivity contribution in [2.75, 3.05) is 14.2 Å². The van der Waals surface area contributed by atoms with Gasteiger partial charge in [0.25, 0.3) is 0 Å². The molecule has 1 amide bonds. The van der Waals surface area contributed by atoms with E-state index in [9.17, 15) is 4.79 Å². The van der Waals surface area contributed by atoms with E-state index in [0.29, 0.717) is 17.9 Å². The number of halogens is 2. The van der Waals surface area contributed by atoms with Crippen LogP contribution in [0, 0.1) is 5.41 Å². The van der Waals surface area contributed by atoms with Crippen molar-refractivity contribution in [1.29, 1.82) is 0 Å². The topological polar surface area (TPSA) is 47.6 Å². The highest BCUT2D eigenvalue weighted by Gasteiger charge is 2.67. The van der Waals surface area contributed by atoms with E-state index in [2.05, 4.69) is 5.32 Å². The first-order chi connectivity index (χ1) is 9.75. The average Bonchev–Trinajstić information content (AvgIpc) is 2.98.